The summed E-state index contributed by atoms with van der Waals surface area (Å²) in [6.07, 6.45) is 0.218. The van der Waals surface area contributed by atoms with Crippen molar-refractivity contribution in [3.05, 3.63) is 99.6 Å². The van der Waals surface area contributed by atoms with Crippen molar-refractivity contribution < 1.29 is 20.1 Å². The van der Waals surface area contributed by atoms with E-state index in [-0.39, 0.29) is 23.8 Å². The van der Waals surface area contributed by atoms with E-state index in [2.05, 4.69) is 24.5 Å². The Labute approximate surface area is 211 Å². The molecule has 3 aromatic carbocycles. The van der Waals surface area contributed by atoms with Gasteiger partial charge in [0.2, 0.25) is 5.91 Å². The highest BCUT2D eigenvalue weighted by atomic mass is 35.5. The summed E-state index contributed by atoms with van der Waals surface area (Å²) in [7, 11) is 0. The van der Waals surface area contributed by atoms with Gasteiger partial charge < -0.3 is 26.0 Å². The molecule has 1 amide bonds. The molecule has 3 aromatic rings. The standard InChI is InChI=1S/C28H33ClN2O4/c1-28(2,31-17-26(34)22-8-11-25(33)23(14-22)18-32)15-21-5-3-4-20(12-21)13-27(35)30-16-19-6-9-24(29)10-7-19/h3-12,14,26,31-34H,13,15-18H2,1-2H3,(H,30,35)/t26-/m1/s1. The Kier molecular flexibility index (Phi) is 9.29. The van der Waals surface area contributed by atoms with Crippen LogP contribution in [0.4, 0.5) is 0 Å². The predicted octanol–water partition coefficient (Wildman–Crippen LogP) is 4.04. The van der Waals surface area contributed by atoms with Crippen LogP contribution in [0.15, 0.2) is 66.7 Å². The summed E-state index contributed by atoms with van der Waals surface area (Å²) in [5, 5.41) is 36.6. The zero-order valence-corrected chi connectivity index (χ0v) is 20.8. The molecule has 0 saturated carbocycles. The average Bonchev–Trinajstić information content (AvgIpc) is 2.82. The number of aliphatic hydroxyl groups excluding tert-OH is 2. The highest BCUT2D eigenvalue weighted by Gasteiger charge is 2.20. The van der Waals surface area contributed by atoms with E-state index in [1.807, 2.05) is 36.4 Å². The second kappa shape index (κ2) is 12.2. The smallest absolute Gasteiger partial charge is 0.224 e. The van der Waals surface area contributed by atoms with Gasteiger partial charge in [0.25, 0.3) is 0 Å². The number of rotatable bonds is 11. The van der Waals surface area contributed by atoms with Crippen molar-refractivity contribution >= 4 is 17.5 Å². The molecule has 0 saturated heterocycles. The van der Waals surface area contributed by atoms with Crippen LogP contribution < -0.4 is 10.6 Å². The summed E-state index contributed by atoms with van der Waals surface area (Å²) in [5.41, 5.74) is 3.72. The third-order valence-corrected chi connectivity index (χ3v) is 6.09. The summed E-state index contributed by atoms with van der Waals surface area (Å²) < 4.78 is 0. The maximum absolute atomic E-state index is 12.4. The van der Waals surface area contributed by atoms with Gasteiger partial charge in [0.15, 0.2) is 0 Å². The fourth-order valence-electron chi connectivity index (χ4n) is 3.90. The van der Waals surface area contributed by atoms with Crippen LogP contribution in [0.25, 0.3) is 0 Å². The number of amides is 1. The molecule has 0 heterocycles. The number of aliphatic hydroxyl groups is 2. The summed E-state index contributed by atoms with van der Waals surface area (Å²) in [6.45, 7) is 4.59. The van der Waals surface area contributed by atoms with E-state index in [0.29, 0.717) is 42.1 Å². The van der Waals surface area contributed by atoms with E-state index in [1.165, 1.54) is 6.07 Å². The maximum Gasteiger partial charge on any atom is 0.224 e. The first-order chi connectivity index (χ1) is 16.6. The Morgan fingerprint density at radius 2 is 1.71 bits per heavy atom. The van der Waals surface area contributed by atoms with Gasteiger partial charge in [0, 0.05) is 29.2 Å². The van der Waals surface area contributed by atoms with Gasteiger partial charge in [-0.25, -0.2) is 0 Å². The van der Waals surface area contributed by atoms with Crippen LogP contribution >= 0.6 is 11.6 Å². The number of benzene rings is 3. The maximum atomic E-state index is 12.4. The Morgan fingerprint density at radius 3 is 2.43 bits per heavy atom. The molecule has 35 heavy (non-hydrogen) atoms. The van der Waals surface area contributed by atoms with Crippen LogP contribution in [-0.2, 0) is 30.8 Å². The molecular weight excluding hydrogens is 464 g/mol. The monoisotopic (exact) mass is 496 g/mol. The van der Waals surface area contributed by atoms with E-state index < -0.39 is 6.10 Å². The number of β-amino-alcohol motifs (C(OH)–C–C–N with tert-alkyl or cyclic N) is 1. The van der Waals surface area contributed by atoms with Crippen molar-refractivity contribution in [2.45, 2.75) is 51.5 Å². The van der Waals surface area contributed by atoms with Crippen molar-refractivity contribution in [2.75, 3.05) is 6.54 Å². The molecule has 5 N–H and O–H groups in total. The number of phenols is 1. The fraction of sp³-hybridized carbons (Fsp3) is 0.321. The molecule has 0 aliphatic carbocycles. The normalized spacial score (nSPS) is 12.4. The summed E-state index contributed by atoms with van der Waals surface area (Å²) in [4.78, 5) is 12.4. The number of nitrogens with one attached hydrogen (secondary N) is 2. The van der Waals surface area contributed by atoms with Gasteiger partial charge in [-0.1, -0.05) is 54.1 Å². The molecule has 0 aliphatic rings. The molecule has 1 atom stereocenters. The quantitative estimate of drug-likeness (QED) is 0.276. The highest BCUT2D eigenvalue weighted by molar-refractivity contribution is 6.30. The molecule has 0 aliphatic heterocycles. The molecule has 6 nitrogen and oxygen atoms in total. The highest BCUT2D eigenvalue weighted by Crippen LogP contribution is 2.23. The van der Waals surface area contributed by atoms with Crippen LogP contribution in [-0.4, -0.2) is 33.3 Å². The van der Waals surface area contributed by atoms with Crippen LogP contribution in [0, 0.1) is 0 Å². The van der Waals surface area contributed by atoms with Crippen molar-refractivity contribution in [1.29, 1.82) is 0 Å². The van der Waals surface area contributed by atoms with Gasteiger partial charge in [-0.2, -0.15) is 0 Å². The van der Waals surface area contributed by atoms with Crippen molar-refractivity contribution in [1.82, 2.24) is 10.6 Å². The molecule has 0 unspecified atom stereocenters. The van der Waals surface area contributed by atoms with E-state index in [4.69, 9.17) is 11.6 Å². The number of aromatic hydroxyl groups is 1. The lowest BCUT2D eigenvalue weighted by molar-refractivity contribution is -0.120. The average molecular weight is 497 g/mol. The summed E-state index contributed by atoms with van der Waals surface area (Å²) in [6, 6.07) is 20.1. The van der Waals surface area contributed by atoms with E-state index >= 15 is 0 Å². The lowest BCUT2D eigenvalue weighted by Gasteiger charge is -2.28. The van der Waals surface area contributed by atoms with Crippen molar-refractivity contribution in [3.8, 4) is 5.75 Å². The molecule has 3 rings (SSSR count). The van der Waals surface area contributed by atoms with Gasteiger partial charge >= 0.3 is 0 Å². The van der Waals surface area contributed by atoms with Crippen LogP contribution in [0.5, 0.6) is 5.75 Å². The molecule has 0 radical (unpaired) electrons. The summed E-state index contributed by atoms with van der Waals surface area (Å²) >= 11 is 5.90. The SMILES string of the molecule is CC(C)(Cc1cccc(CC(=O)NCc2ccc(Cl)cc2)c1)NC[C@@H](O)c1ccc(O)c(CO)c1. The minimum Gasteiger partial charge on any atom is -0.508 e. The second-order valence-electron chi connectivity index (χ2n) is 9.40. The van der Waals surface area contributed by atoms with Gasteiger partial charge in [-0.3, -0.25) is 4.79 Å². The van der Waals surface area contributed by atoms with Crippen molar-refractivity contribution in [2.24, 2.45) is 0 Å². The topological polar surface area (TPSA) is 102 Å². The Balaban J connectivity index is 1.52. The number of hydrogen-bond donors (Lipinski definition) is 5. The number of carbonyl (C=O) groups is 1. The molecule has 0 spiro atoms. The van der Waals surface area contributed by atoms with E-state index in [0.717, 1.165) is 16.7 Å². The lowest BCUT2D eigenvalue weighted by atomic mass is 9.93. The lowest BCUT2D eigenvalue weighted by Crippen LogP contribution is -2.43. The van der Waals surface area contributed by atoms with Crippen LogP contribution in [0.1, 0.15) is 47.8 Å². The first-order valence-electron chi connectivity index (χ1n) is 11.6. The summed E-state index contributed by atoms with van der Waals surface area (Å²) in [5.74, 6) is -0.0379. The Bertz CT molecular complexity index is 1130. The predicted molar refractivity (Wildman–Crippen MR) is 138 cm³/mol. The second-order valence-corrected chi connectivity index (χ2v) is 9.84. The van der Waals surface area contributed by atoms with Crippen LogP contribution in [0.3, 0.4) is 0 Å². The first kappa shape index (κ1) is 26.7. The molecular formula is C28H33ClN2O4. The van der Waals surface area contributed by atoms with E-state index in [1.54, 1.807) is 24.3 Å². The molecule has 186 valence electrons. The molecule has 7 heteroatoms. The Morgan fingerprint density at radius 1 is 1.00 bits per heavy atom. The largest absolute Gasteiger partial charge is 0.508 e. The molecule has 0 fully saturated rings. The van der Waals surface area contributed by atoms with Gasteiger partial charge in [0.1, 0.15) is 5.75 Å². The third-order valence-electron chi connectivity index (χ3n) is 5.84. The van der Waals surface area contributed by atoms with Crippen molar-refractivity contribution in [3.63, 3.8) is 0 Å². The number of hydrogen-bond acceptors (Lipinski definition) is 5. The zero-order chi connectivity index (χ0) is 25.4. The number of halogens is 1. The first-order valence-corrected chi connectivity index (χ1v) is 12.0. The fourth-order valence-corrected chi connectivity index (χ4v) is 4.03. The van der Waals surface area contributed by atoms with Gasteiger partial charge in [-0.15, -0.1) is 0 Å². The minimum absolute atomic E-state index is 0.00952. The number of carbonyl (C=O) groups excluding carboxylic acids is 1. The Hall–Kier alpha value is -2.90. The zero-order valence-electron chi connectivity index (χ0n) is 20.1. The third kappa shape index (κ3) is 8.37. The molecule has 0 bridgehead atoms. The minimum atomic E-state index is -0.782. The molecule has 0 aromatic heterocycles. The van der Waals surface area contributed by atoms with Gasteiger partial charge in [0.05, 0.1) is 19.1 Å². The van der Waals surface area contributed by atoms with Crippen LogP contribution in [0.2, 0.25) is 5.02 Å². The van der Waals surface area contributed by atoms with Gasteiger partial charge in [-0.05, 0) is 66.8 Å². The van der Waals surface area contributed by atoms with E-state index in [9.17, 15) is 20.1 Å².